The van der Waals surface area contributed by atoms with E-state index >= 15 is 0 Å². The van der Waals surface area contributed by atoms with E-state index in [2.05, 4.69) is 37.3 Å². The Morgan fingerprint density at radius 2 is 1.56 bits per heavy atom. The topological polar surface area (TPSA) is 13.1 Å². The molecule has 78 valence electrons. The SMILES string of the molecule is Cc1coc2cc3/c(cc12)=C\C=C/C=C\C=3. The largest absolute Gasteiger partial charge is 0.464 e. The average molecular weight is 208 g/mol. The lowest BCUT2D eigenvalue weighted by Crippen LogP contribution is -2.23. The number of hydrogen-bond donors (Lipinski definition) is 0. The molecule has 0 spiro atoms. The van der Waals surface area contributed by atoms with Crippen LogP contribution >= 0.6 is 0 Å². The molecule has 0 aliphatic heterocycles. The van der Waals surface area contributed by atoms with Gasteiger partial charge in [0.15, 0.2) is 0 Å². The van der Waals surface area contributed by atoms with Gasteiger partial charge in [-0.2, -0.15) is 0 Å². The van der Waals surface area contributed by atoms with Crippen LogP contribution in [0.1, 0.15) is 5.56 Å². The van der Waals surface area contributed by atoms with Crippen LogP contribution in [-0.4, -0.2) is 0 Å². The van der Waals surface area contributed by atoms with Gasteiger partial charge in [0.2, 0.25) is 0 Å². The van der Waals surface area contributed by atoms with Crippen LogP contribution in [0, 0.1) is 6.92 Å². The lowest BCUT2D eigenvalue weighted by molar-refractivity contribution is 0.612. The molecule has 0 N–H and O–H groups in total. The van der Waals surface area contributed by atoms with Crippen LogP contribution in [0.25, 0.3) is 23.1 Å². The Balaban J connectivity index is 2.49. The average Bonchev–Trinajstić information content (AvgIpc) is 2.60. The van der Waals surface area contributed by atoms with Gasteiger partial charge in [0.25, 0.3) is 0 Å². The molecular formula is C15H12O. The molecule has 1 aliphatic carbocycles. The van der Waals surface area contributed by atoms with Crippen molar-refractivity contribution in [1.29, 1.82) is 0 Å². The van der Waals surface area contributed by atoms with Crippen LogP contribution in [0.3, 0.4) is 0 Å². The summed E-state index contributed by atoms with van der Waals surface area (Å²) in [5.74, 6) is 0. The monoisotopic (exact) mass is 208 g/mol. The Morgan fingerprint density at radius 1 is 0.875 bits per heavy atom. The minimum atomic E-state index is 0.957. The van der Waals surface area contributed by atoms with Gasteiger partial charge in [-0.1, -0.05) is 36.5 Å². The lowest BCUT2D eigenvalue weighted by atomic mass is 10.1. The van der Waals surface area contributed by atoms with Crippen LogP contribution in [0.15, 0.2) is 47.1 Å². The number of furan rings is 1. The summed E-state index contributed by atoms with van der Waals surface area (Å²) < 4.78 is 5.51. The van der Waals surface area contributed by atoms with Gasteiger partial charge in [0, 0.05) is 5.39 Å². The first-order valence-electron chi connectivity index (χ1n) is 5.38. The molecule has 0 radical (unpaired) electrons. The van der Waals surface area contributed by atoms with Crippen molar-refractivity contribution in [2.75, 3.05) is 0 Å². The predicted molar refractivity (Wildman–Crippen MR) is 67.4 cm³/mol. The van der Waals surface area contributed by atoms with E-state index in [1.807, 2.05) is 24.5 Å². The third kappa shape index (κ3) is 1.41. The summed E-state index contributed by atoms with van der Waals surface area (Å²) in [6, 6.07) is 4.28. The van der Waals surface area contributed by atoms with Crippen LogP contribution in [0.4, 0.5) is 0 Å². The van der Waals surface area contributed by atoms with Gasteiger partial charge in [0.1, 0.15) is 5.58 Å². The van der Waals surface area contributed by atoms with E-state index < -0.39 is 0 Å². The zero-order chi connectivity index (χ0) is 11.0. The molecule has 1 aromatic heterocycles. The van der Waals surface area contributed by atoms with E-state index in [0.29, 0.717) is 0 Å². The fourth-order valence-corrected chi connectivity index (χ4v) is 1.97. The molecule has 0 saturated heterocycles. The minimum absolute atomic E-state index is 0.957. The maximum absolute atomic E-state index is 5.51. The highest BCUT2D eigenvalue weighted by Crippen LogP contribution is 2.16. The summed E-state index contributed by atoms with van der Waals surface area (Å²) >= 11 is 0. The first-order chi connectivity index (χ1) is 7.84. The van der Waals surface area contributed by atoms with E-state index in [0.717, 1.165) is 5.58 Å². The second-order valence-corrected chi connectivity index (χ2v) is 4.00. The number of hydrogen-bond acceptors (Lipinski definition) is 1. The maximum Gasteiger partial charge on any atom is 0.134 e. The van der Waals surface area contributed by atoms with Crippen molar-refractivity contribution in [2.24, 2.45) is 0 Å². The smallest absolute Gasteiger partial charge is 0.134 e. The van der Waals surface area contributed by atoms with Crippen LogP contribution in [0.2, 0.25) is 0 Å². The third-order valence-electron chi connectivity index (χ3n) is 2.86. The number of fused-ring (bicyclic) bond motifs is 2. The highest BCUT2D eigenvalue weighted by atomic mass is 16.3. The third-order valence-corrected chi connectivity index (χ3v) is 2.86. The Morgan fingerprint density at radius 3 is 2.31 bits per heavy atom. The number of rotatable bonds is 0. The van der Waals surface area contributed by atoms with Gasteiger partial charge in [-0.15, -0.1) is 0 Å². The molecule has 1 aliphatic rings. The summed E-state index contributed by atoms with van der Waals surface area (Å²) in [6.45, 7) is 2.07. The predicted octanol–water partition coefficient (Wildman–Crippen LogP) is 2.43. The summed E-state index contributed by atoms with van der Waals surface area (Å²) in [4.78, 5) is 0. The molecule has 0 fully saturated rings. The molecule has 1 aromatic carbocycles. The summed E-state index contributed by atoms with van der Waals surface area (Å²) in [5, 5.41) is 3.63. The van der Waals surface area contributed by atoms with Crippen molar-refractivity contribution in [2.45, 2.75) is 6.92 Å². The zero-order valence-corrected chi connectivity index (χ0v) is 9.10. The van der Waals surface area contributed by atoms with Crippen molar-refractivity contribution < 1.29 is 4.42 Å². The highest BCUT2D eigenvalue weighted by molar-refractivity contribution is 5.81. The van der Waals surface area contributed by atoms with Crippen LogP contribution in [0.5, 0.6) is 0 Å². The Kier molecular flexibility index (Phi) is 2.03. The van der Waals surface area contributed by atoms with E-state index in [1.54, 1.807) is 0 Å². The fourth-order valence-electron chi connectivity index (χ4n) is 1.97. The molecule has 2 aromatic rings. The molecule has 1 nitrogen and oxygen atoms in total. The Bertz CT molecular complexity index is 712. The molecule has 3 rings (SSSR count). The summed E-state index contributed by atoms with van der Waals surface area (Å²) in [6.07, 6.45) is 14.2. The molecule has 0 bridgehead atoms. The summed E-state index contributed by atoms with van der Waals surface area (Å²) in [7, 11) is 0. The van der Waals surface area contributed by atoms with Gasteiger partial charge in [-0.05, 0) is 35.1 Å². The van der Waals surface area contributed by atoms with Crippen molar-refractivity contribution >= 4 is 23.1 Å². The Labute approximate surface area is 93.7 Å². The van der Waals surface area contributed by atoms with Crippen LogP contribution < -0.4 is 10.4 Å². The minimum Gasteiger partial charge on any atom is -0.464 e. The van der Waals surface area contributed by atoms with Crippen molar-refractivity contribution in [1.82, 2.24) is 0 Å². The van der Waals surface area contributed by atoms with E-state index in [1.165, 1.54) is 21.4 Å². The second-order valence-electron chi connectivity index (χ2n) is 4.00. The highest BCUT2D eigenvalue weighted by Gasteiger charge is 2.01. The first kappa shape index (κ1) is 9.22. The molecule has 1 heteroatoms. The van der Waals surface area contributed by atoms with Crippen LogP contribution in [-0.2, 0) is 0 Å². The molecule has 0 amide bonds. The second kappa shape index (κ2) is 3.53. The molecular weight excluding hydrogens is 196 g/mol. The van der Waals surface area contributed by atoms with Crippen molar-refractivity contribution in [3.8, 4) is 0 Å². The van der Waals surface area contributed by atoms with Gasteiger partial charge >= 0.3 is 0 Å². The molecule has 0 atom stereocenters. The normalized spacial score (nSPS) is 22.1. The first-order valence-corrected chi connectivity index (χ1v) is 5.38. The molecule has 0 unspecified atom stereocenters. The van der Waals surface area contributed by atoms with Gasteiger partial charge in [0.05, 0.1) is 6.26 Å². The standard InChI is InChI=1S/C15H12O/c1-11-10-16-15-9-13-7-5-3-2-4-6-12(13)8-14(11)15/h2-10H,1H3/b3-2?,4-2-,5-3-,6-4?,7-5?,12-6-,13-7-. The Hall–Kier alpha value is -2.02. The number of benzene rings is 1. The van der Waals surface area contributed by atoms with Crippen molar-refractivity contribution in [3.05, 3.63) is 58.7 Å². The van der Waals surface area contributed by atoms with Gasteiger partial charge < -0.3 is 4.42 Å². The maximum atomic E-state index is 5.51. The zero-order valence-electron chi connectivity index (χ0n) is 9.10. The van der Waals surface area contributed by atoms with Gasteiger partial charge in [-0.3, -0.25) is 0 Å². The molecule has 16 heavy (non-hydrogen) atoms. The number of aryl methyl sites for hydroxylation is 1. The molecule has 0 saturated carbocycles. The van der Waals surface area contributed by atoms with E-state index in [9.17, 15) is 0 Å². The fraction of sp³-hybridized carbons (Fsp3) is 0.0667. The quantitative estimate of drug-likeness (QED) is 0.648. The van der Waals surface area contributed by atoms with Gasteiger partial charge in [-0.25, -0.2) is 0 Å². The van der Waals surface area contributed by atoms with E-state index in [-0.39, 0.29) is 0 Å². The lowest BCUT2D eigenvalue weighted by Gasteiger charge is -1.94. The van der Waals surface area contributed by atoms with E-state index in [4.69, 9.17) is 4.42 Å². The molecule has 1 heterocycles. The van der Waals surface area contributed by atoms with Crippen molar-refractivity contribution in [3.63, 3.8) is 0 Å². The summed E-state index contributed by atoms with van der Waals surface area (Å²) in [5.41, 5.74) is 2.15. The number of allylic oxidation sites excluding steroid dienone is 4.